The number of halogens is 2. The average Bonchev–Trinajstić information content (AvgIpc) is 2.51. The zero-order valence-corrected chi connectivity index (χ0v) is 15.3. The molecule has 0 aliphatic carbocycles. The molecule has 2 aromatic carbocycles. The molecule has 6 heteroatoms. The standard InChI is InChI=1S/C18H19N3O.2ClH/c1-21(2)10-9-19-18(22)15-8-7-14-11-13-5-3-4-6-16(13)20-17(14)12-15;;/h3-8,11-12H,9-10H2,1-2H3,(H,19,22);2*1H. The van der Waals surface area contributed by atoms with Gasteiger partial charge in [0.1, 0.15) is 0 Å². The second kappa shape index (κ2) is 8.83. The number of nitrogens with zero attached hydrogens (tertiary/aromatic N) is 2. The van der Waals surface area contributed by atoms with E-state index in [2.05, 4.69) is 16.4 Å². The first kappa shape index (κ1) is 20.2. The Labute approximate surface area is 154 Å². The zero-order chi connectivity index (χ0) is 15.5. The van der Waals surface area contributed by atoms with Crippen LogP contribution in [0.1, 0.15) is 10.4 Å². The summed E-state index contributed by atoms with van der Waals surface area (Å²) >= 11 is 0. The maximum atomic E-state index is 12.2. The van der Waals surface area contributed by atoms with Gasteiger partial charge in [0.15, 0.2) is 0 Å². The highest BCUT2D eigenvalue weighted by atomic mass is 35.5. The number of benzene rings is 2. The highest BCUT2D eigenvalue weighted by molar-refractivity contribution is 6.00. The first-order valence-corrected chi connectivity index (χ1v) is 7.36. The van der Waals surface area contributed by atoms with E-state index in [4.69, 9.17) is 0 Å². The van der Waals surface area contributed by atoms with Crippen molar-refractivity contribution in [1.82, 2.24) is 15.2 Å². The molecule has 1 aromatic heterocycles. The molecule has 1 N–H and O–H groups in total. The lowest BCUT2D eigenvalue weighted by molar-refractivity contribution is 0.0951. The number of hydrogen-bond acceptors (Lipinski definition) is 3. The minimum atomic E-state index is -0.0568. The molecule has 3 rings (SSSR count). The molecule has 0 saturated heterocycles. The van der Waals surface area contributed by atoms with Crippen molar-refractivity contribution in [2.75, 3.05) is 27.2 Å². The number of carbonyl (C=O) groups is 1. The summed E-state index contributed by atoms with van der Waals surface area (Å²) < 4.78 is 0. The molecule has 0 unspecified atom stereocenters. The average molecular weight is 366 g/mol. The molecule has 0 fully saturated rings. The first-order valence-electron chi connectivity index (χ1n) is 7.36. The summed E-state index contributed by atoms with van der Waals surface area (Å²) in [6.45, 7) is 1.46. The van der Waals surface area contributed by atoms with E-state index in [9.17, 15) is 4.79 Å². The SMILES string of the molecule is CN(C)CCNC(=O)c1ccc2cc3ccccc3nc2c1.Cl.Cl. The van der Waals surface area contributed by atoms with Crippen molar-refractivity contribution in [3.8, 4) is 0 Å². The highest BCUT2D eigenvalue weighted by Crippen LogP contribution is 2.20. The van der Waals surface area contributed by atoms with Gasteiger partial charge >= 0.3 is 0 Å². The van der Waals surface area contributed by atoms with Crippen molar-refractivity contribution in [2.45, 2.75) is 0 Å². The van der Waals surface area contributed by atoms with Gasteiger partial charge in [-0.2, -0.15) is 0 Å². The Balaban J connectivity index is 0.00000144. The lowest BCUT2D eigenvalue weighted by Crippen LogP contribution is -2.31. The maximum Gasteiger partial charge on any atom is 0.251 e. The number of carbonyl (C=O) groups excluding carboxylic acids is 1. The third-order valence-electron chi connectivity index (χ3n) is 3.63. The Kier molecular flexibility index (Phi) is 7.42. The fourth-order valence-electron chi connectivity index (χ4n) is 2.41. The predicted octanol–water partition coefficient (Wildman–Crippen LogP) is 3.52. The summed E-state index contributed by atoms with van der Waals surface area (Å²) in [6, 6.07) is 15.8. The summed E-state index contributed by atoms with van der Waals surface area (Å²) in [7, 11) is 3.97. The molecule has 1 amide bonds. The van der Waals surface area contributed by atoms with E-state index in [0.29, 0.717) is 12.1 Å². The molecular formula is C18H21Cl2N3O. The minimum Gasteiger partial charge on any atom is -0.351 e. The third kappa shape index (κ3) is 4.57. The molecule has 24 heavy (non-hydrogen) atoms. The van der Waals surface area contributed by atoms with Gasteiger partial charge in [0, 0.05) is 29.4 Å². The van der Waals surface area contributed by atoms with E-state index in [-0.39, 0.29) is 30.7 Å². The van der Waals surface area contributed by atoms with E-state index in [0.717, 1.165) is 28.4 Å². The van der Waals surface area contributed by atoms with Gasteiger partial charge in [-0.3, -0.25) is 4.79 Å². The molecular weight excluding hydrogens is 345 g/mol. The van der Waals surface area contributed by atoms with Gasteiger partial charge in [0.25, 0.3) is 5.91 Å². The molecule has 0 saturated carbocycles. The number of hydrogen-bond donors (Lipinski definition) is 1. The van der Waals surface area contributed by atoms with Crippen LogP contribution in [0.5, 0.6) is 0 Å². The first-order chi connectivity index (χ1) is 10.6. The number of pyridine rings is 1. The molecule has 0 aliphatic heterocycles. The Morgan fingerprint density at radius 2 is 1.71 bits per heavy atom. The Morgan fingerprint density at radius 3 is 2.46 bits per heavy atom. The van der Waals surface area contributed by atoms with Gasteiger partial charge in [0.2, 0.25) is 0 Å². The van der Waals surface area contributed by atoms with Gasteiger partial charge in [-0.05, 0) is 38.4 Å². The van der Waals surface area contributed by atoms with Crippen molar-refractivity contribution in [3.05, 3.63) is 54.1 Å². The lowest BCUT2D eigenvalue weighted by atomic mass is 10.1. The number of para-hydroxylation sites is 1. The second-order valence-corrected chi connectivity index (χ2v) is 5.65. The largest absolute Gasteiger partial charge is 0.351 e. The van der Waals surface area contributed by atoms with Gasteiger partial charge in [-0.1, -0.05) is 24.3 Å². The predicted molar refractivity (Wildman–Crippen MR) is 105 cm³/mol. The van der Waals surface area contributed by atoms with E-state index in [1.165, 1.54) is 0 Å². The summed E-state index contributed by atoms with van der Waals surface area (Å²) in [5.41, 5.74) is 2.44. The number of aromatic nitrogens is 1. The fraction of sp³-hybridized carbons (Fsp3) is 0.222. The second-order valence-electron chi connectivity index (χ2n) is 5.65. The fourth-order valence-corrected chi connectivity index (χ4v) is 2.41. The van der Waals surface area contributed by atoms with Crippen LogP contribution in [0, 0.1) is 0 Å². The molecule has 0 radical (unpaired) electrons. The van der Waals surface area contributed by atoms with Crippen LogP contribution in [0.25, 0.3) is 21.8 Å². The quantitative estimate of drug-likeness (QED) is 0.719. The van der Waals surface area contributed by atoms with Gasteiger partial charge < -0.3 is 10.2 Å². The Bertz CT molecular complexity index is 837. The van der Waals surface area contributed by atoms with E-state index in [1.807, 2.05) is 61.5 Å². The molecule has 128 valence electrons. The van der Waals surface area contributed by atoms with Crippen molar-refractivity contribution >= 4 is 52.5 Å². The van der Waals surface area contributed by atoms with E-state index < -0.39 is 0 Å². The molecule has 0 atom stereocenters. The van der Waals surface area contributed by atoms with Crippen LogP contribution >= 0.6 is 24.8 Å². The number of amides is 1. The summed E-state index contributed by atoms with van der Waals surface area (Å²) in [5.74, 6) is -0.0568. The van der Waals surface area contributed by atoms with Crippen LogP contribution in [-0.4, -0.2) is 43.0 Å². The molecule has 0 aliphatic rings. The van der Waals surface area contributed by atoms with Crippen molar-refractivity contribution < 1.29 is 4.79 Å². The van der Waals surface area contributed by atoms with Gasteiger partial charge in [0.05, 0.1) is 11.0 Å². The number of rotatable bonds is 4. The van der Waals surface area contributed by atoms with Crippen LogP contribution in [-0.2, 0) is 0 Å². The third-order valence-corrected chi connectivity index (χ3v) is 3.63. The smallest absolute Gasteiger partial charge is 0.251 e. The van der Waals surface area contributed by atoms with Crippen molar-refractivity contribution in [3.63, 3.8) is 0 Å². The summed E-state index contributed by atoms with van der Waals surface area (Å²) in [5, 5.41) is 5.08. The molecule has 0 spiro atoms. The van der Waals surface area contributed by atoms with Crippen LogP contribution in [0.4, 0.5) is 0 Å². The van der Waals surface area contributed by atoms with Crippen LogP contribution in [0.3, 0.4) is 0 Å². The zero-order valence-electron chi connectivity index (χ0n) is 13.7. The molecule has 4 nitrogen and oxygen atoms in total. The number of nitrogens with one attached hydrogen (secondary N) is 1. The summed E-state index contributed by atoms with van der Waals surface area (Å²) in [6.07, 6.45) is 0. The monoisotopic (exact) mass is 365 g/mol. The Hall–Kier alpha value is -1.88. The number of fused-ring (bicyclic) bond motifs is 2. The topological polar surface area (TPSA) is 45.2 Å². The van der Waals surface area contributed by atoms with Crippen molar-refractivity contribution in [1.29, 1.82) is 0 Å². The van der Waals surface area contributed by atoms with E-state index in [1.54, 1.807) is 0 Å². The minimum absolute atomic E-state index is 0. The highest BCUT2D eigenvalue weighted by Gasteiger charge is 2.07. The van der Waals surface area contributed by atoms with Crippen LogP contribution < -0.4 is 5.32 Å². The molecule has 0 bridgehead atoms. The normalized spacial score (nSPS) is 10.3. The van der Waals surface area contributed by atoms with E-state index >= 15 is 0 Å². The van der Waals surface area contributed by atoms with Crippen LogP contribution in [0.15, 0.2) is 48.5 Å². The number of likely N-dealkylation sites (N-methyl/N-ethyl adjacent to an activating group) is 1. The van der Waals surface area contributed by atoms with Gasteiger partial charge in [-0.15, -0.1) is 24.8 Å². The Morgan fingerprint density at radius 1 is 1.00 bits per heavy atom. The van der Waals surface area contributed by atoms with Crippen LogP contribution in [0.2, 0.25) is 0 Å². The van der Waals surface area contributed by atoms with Gasteiger partial charge in [-0.25, -0.2) is 4.98 Å². The van der Waals surface area contributed by atoms with Crippen molar-refractivity contribution in [2.24, 2.45) is 0 Å². The maximum absolute atomic E-state index is 12.2. The molecule has 3 aromatic rings. The molecule has 1 heterocycles. The summed E-state index contributed by atoms with van der Waals surface area (Å²) in [4.78, 5) is 18.9. The lowest BCUT2D eigenvalue weighted by Gasteiger charge is -2.10.